The highest BCUT2D eigenvalue weighted by atomic mass is 32.2. The summed E-state index contributed by atoms with van der Waals surface area (Å²) in [5.74, 6) is 2.08. The zero-order valence-corrected chi connectivity index (χ0v) is 8.91. The number of hydrogen-bond acceptors (Lipinski definition) is 2. The molecule has 0 heterocycles. The third-order valence-electron chi connectivity index (χ3n) is 2.74. The lowest BCUT2D eigenvalue weighted by molar-refractivity contribution is 0.324. The van der Waals surface area contributed by atoms with Gasteiger partial charge in [-0.3, -0.25) is 0 Å². The molecule has 0 aromatic heterocycles. The lowest BCUT2D eigenvalue weighted by Gasteiger charge is -2.24. The van der Waals surface area contributed by atoms with Gasteiger partial charge in [0.2, 0.25) is 0 Å². The summed E-state index contributed by atoms with van der Waals surface area (Å²) < 4.78 is 0. The maximum atomic E-state index is 5.99. The monoisotopic (exact) mass is 187 g/mol. The van der Waals surface area contributed by atoms with Crippen LogP contribution in [0.2, 0.25) is 0 Å². The van der Waals surface area contributed by atoms with E-state index in [2.05, 4.69) is 6.26 Å². The van der Waals surface area contributed by atoms with E-state index in [1.165, 1.54) is 38.5 Å². The Hall–Kier alpha value is 0.310. The first-order valence-electron chi connectivity index (χ1n) is 5.07. The molecule has 0 aliphatic heterocycles. The van der Waals surface area contributed by atoms with E-state index < -0.39 is 0 Å². The van der Waals surface area contributed by atoms with Crippen molar-refractivity contribution in [1.29, 1.82) is 0 Å². The Labute approximate surface area is 80.5 Å². The molecule has 0 aromatic carbocycles. The van der Waals surface area contributed by atoms with E-state index in [4.69, 9.17) is 5.73 Å². The molecule has 0 amide bonds. The standard InChI is InChI=1S/C10H21NS/c1-12-8-10(11)7-9-5-3-2-4-6-9/h9-10H,2-8,11H2,1H3. The Bertz CT molecular complexity index is 110. The van der Waals surface area contributed by atoms with E-state index in [0.717, 1.165) is 11.7 Å². The second-order valence-corrected chi connectivity index (χ2v) is 4.87. The fourth-order valence-corrected chi connectivity index (χ4v) is 2.70. The zero-order chi connectivity index (χ0) is 8.81. The minimum absolute atomic E-state index is 0.447. The molecule has 2 N–H and O–H groups in total. The molecule has 0 bridgehead atoms. The van der Waals surface area contributed by atoms with Gasteiger partial charge in [0, 0.05) is 11.8 Å². The molecule has 1 nitrogen and oxygen atoms in total. The van der Waals surface area contributed by atoms with E-state index in [0.29, 0.717) is 6.04 Å². The van der Waals surface area contributed by atoms with E-state index in [-0.39, 0.29) is 0 Å². The molecule has 1 rings (SSSR count). The first-order valence-corrected chi connectivity index (χ1v) is 6.47. The highest BCUT2D eigenvalue weighted by Gasteiger charge is 2.15. The molecule has 1 fully saturated rings. The number of nitrogens with two attached hydrogens (primary N) is 1. The Morgan fingerprint density at radius 3 is 2.58 bits per heavy atom. The van der Waals surface area contributed by atoms with Gasteiger partial charge in [-0.1, -0.05) is 32.1 Å². The average Bonchev–Trinajstić information content (AvgIpc) is 2.06. The van der Waals surface area contributed by atoms with E-state index in [1.54, 1.807) is 0 Å². The van der Waals surface area contributed by atoms with Gasteiger partial charge < -0.3 is 5.73 Å². The largest absolute Gasteiger partial charge is 0.327 e. The third kappa shape index (κ3) is 3.81. The van der Waals surface area contributed by atoms with Crippen LogP contribution < -0.4 is 5.73 Å². The fraction of sp³-hybridized carbons (Fsp3) is 1.00. The second-order valence-electron chi connectivity index (χ2n) is 3.96. The van der Waals surface area contributed by atoms with Crippen molar-refractivity contribution in [2.75, 3.05) is 12.0 Å². The average molecular weight is 187 g/mol. The minimum atomic E-state index is 0.447. The lowest BCUT2D eigenvalue weighted by atomic mass is 9.85. The highest BCUT2D eigenvalue weighted by molar-refractivity contribution is 7.98. The summed E-state index contributed by atoms with van der Waals surface area (Å²) in [6.07, 6.45) is 10.6. The van der Waals surface area contributed by atoms with Crippen LogP contribution in [0, 0.1) is 5.92 Å². The quantitative estimate of drug-likeness (QED) is 0.732. The smallest absolute Gasteiger partial charge is 0.0132 e. The van der Waals surface area contributed by atoms with Gasteiger partial charge in [-0.25, -0.2) is 0 Å². The molecule has 1 aliphatic carbocycles. The van der Waals surface area contributed by atoms with Gasteiger partial charge in [-0.15, -0.1) is 0 Å². The highest BCUT2D eigenvalue weighted by Crippen LogP contribution is 2.27. The Morgan fingerprint density at radius 1 is 1.33 bits per heavy atom. The number of hydrogen-bond donors (Lipinski definition) is 1. The van der Waals surface area contributed by atoms with Crippen molar-refractivity contribution >= 4 is 11.8 Å². The molecule has 2 heteroatoms. The minimum Gasteiger partial charge on any atom is -0.327 e. The van der Waals surface area contributed by atoms with E-state index >= 15 is 0 Å². The molecule has 0 saturated heterocycles. The van der Waals surface area contributed by atoms with Crippen molar-refractivity contribution in [2.24, 2.45) is 11.7 Å². The molecule has 1 atom stereocenters. The van der Waals surface area contributed by atoms with Crippen molar-refractivity contribution in [3.05, 3.63) is 0 Å². The number of thioether (sulfide) groups is 1. The molecule has 0 radical (unpaired) electrons. The van der Waals surface area contributed by atoms with Gasteiger partial charge in [0.1, 0.15) is 0 Å². The predicted molar refractivity (Wildman–Crippen MR) is 57.5 cm³/mol. The van der Waals surface area contributed by atoms with Gasteiger partial charge in [-0.2, -0.15) is 11.8 Å². The van der Waals surface area contributed by atoms with Gasteiger partial charge in [0.05, 0.1) is 0 Å². The van der Waals surface area contributed by atoms with Gasteiger partial charge in [0.25, 0.3) is 0 Å². The van der Waals surface area contributed by atoms with Crippen molar-refractivity contribution in [1.82, 2.24) is 0 Å². The summed E-state index contributed by atoms with van der Waals surface area (Å²) in [5.41, 5.74) is 5.99. The zero-order valence-electron chi connectivity index (χ0n) is 8.09. The normalized spacial score (nSPS) is 22.5. The number of rotatable bonds is 4. The molecule has 12 heavy (non-hydrogen) atoms. The van der Waals surface area contributed by atoms with Crippen LogP contribution >= 0.6 is 11.8 Å². The van der Waals surface area contributed by atoms with Crippen molar-refractivity contribution in [3.8, 4) is 0 Å². The Kier molecular flexibility index (Phi) is 5.08. The van der Waals surface area contributed by atoms with E-state index in [9.17, 15) is 0 Å². The van der Waals surface area contributed by atoms with Crippen molar-refractivity contribution in [3.63, 3.8) is 0 Å². The molecule has 0 spiro atoms. The first kappa shape index (κ1) is 10.4. The summed E-state index contributed by atoms with van der Waals surface area (Å²) in [4.78, 5) is 0. The molecule has 0 aromatic rings. The van der Waals surface area contributed by atoms with E-state index in [1.807, 2.05) is 11.8 Å². The molecule has 1 aliphatic rings. The van der Waals surface area contributed by atoms with Crippen molar-refractivity contribution in [2.45, 2.75) is 44.6 Å². The summed E-state index contributed by atoms with van der Waals surface area (Å²) in [7, 11) is 0. The van der Waals surface area contributed by atoms with Gasteiger partial charge in [-0.05, 0) is 18.6 Å². The predicted octanol–water partition coefficient (Wildman–Crippen LogP) is 2.65. The van der Waals surface area contributed by atoms with Crippen LogP contribution in [0.1, 0.15) is 38.5 Å². The van der Waals surface area contributed by atoms with Crippen LogP contribution in [0.25, 0.3) is 0 Å². The lowest BCUT2D eigenvalue weighted by Crippen LogP contribution is -2.26. The summed E-state index contributed by atoms with van der Waals surface area (Å²) in [6.45, 7) is 0. The second kappa shape index (κ2) is 5.87. The van der Waals surface area contributed by atoms with Crippen LogP contribution in [-0.4, -0.2) is 18.1 Å². The Balaban J connectivity index is 2.11. The summed E-state index contributed by atoms with van der Waals surface area (Å²) in [5, 5.41) is 0. The molecule has 72 valence electrons. The Morgan fingerprint density at radius 2 is 2.00 bits per heavy atom. The summed E-state index contributed by atoms with van der Waals surface area (Å²) >= 11 is 1.87. The maximum absolute atomic E-state index is 5.99. The van der Waals surface area contributed by atoms with Crippen LogP contribution in [0.4, 0.5) is 0 Å². The molecule has 1 saturated carbocycles. The van der Waals surface area contributed by atoms with Crippen LogP contribution in [0.15, 0.2) is 0 Å². The summed E-state index contributed by atoms with van der Waals surface area (Å²) in [6, 6.07) is 0.447. The molecular formula is C10H21NS. The van der Waals surface area contributed by atoms with Crippen molar-refractivity contribution < 1.29 is 0 Å². The van der Waals surface area contributed by atoms with Crippen LogP contribution in [0.3, 0.4) is 0 Å². The topological polar surface area (TPSA) is 26.0 Å². The van der Waals surface area contributed by atoms with Gasteiger partial charge in [0.15, 0.2) is 0 Å². The SMILES string of the molecule is CSCC(N)CC1CCCCC1. The molecular weight excluding hydrogens is 166 g/mol. The fourth-order valence-electron chi connectivity index (χ4n) is 2.13. The van der Waals surface area contributed by atoms with Crippen LogP contribution in [0.5, 0.6) is 0 Å². The first-order chi connectivity index (χ1) is 5.83. The molecule has 1 unspecified atom stereocenters. The third-order valence-corrected chi connectivity index (χ3v) is 3.50. The van der Waals surface area contributed by atoms with Crippen LogP contribution in [-0.2, 0) is 0 Å². The maximum Gasteiger partial charge on any atom is 0.0132 e. The van der Waals surface area contributed by atoms with Gasteiger partial charge >= 0.3 is 0 Å².